The van der Waals surface area contributed by atoms with E-state index in [1.54, 1.807) is 6.20 Å². The minimum Gasteiger partial charge on any atom is -0.368 e. The maximum Gasteiger partial charge on any atom is 0.247 e. The highest BCUT2D eigenvalue weighted by Gasteiger charge is 2.23. The van der Waals surface area contributed by atoms with E-state index < -0.39 is 0 Å². The molecule has 1 aromatic heterocycles. The van der Waals surface area contributed by atoms with Crippen molar-refractivity contribution in [2.75, 3.05) is 23.3 Å². The fourth-order valence-electron chi connectivity index (χ4n) is 3.17. The van der Waals surface area contributed by atoms with Crippen LogP contribution in [0.15, 0.2) is 36.5 Å². The maximum absolute atomic E-state index is 4.67. The van der Waals surface area contributed by atoms with E-state index in [1.807, 2.05) is 6.07 Å². The minimum atomic E-state index is 0.546. The van der Waals surface area contributed by atoms with E-state index in [0.29, 0.717) is 6.04 Å². The summed E-state index contributed by atoms with van der Waals surface area (Å²) in [7, 11) is 0. The Hall–Kier alpha value is -2.17. The van der Waals surface area contributed by atoms with Crippen LogP contribution < -0.4 is 10.2 Å². The topological polar surface area (TPSA) is 53.9 Å². The Bertz CT molecular complexity index is 601. The van der Waals surface area contributed by atoms with Gasteiger partial charge in [-0.05, 0) is 37.7 Å². The van der Waals surface area contributed by atoms with Crippen molar-refractivity contribution in [1.29, 1.82) is 0 Å². The van der Waals surface area contributed by atoms with E-state index >= 15 is 0 Å². The van der Waals surface area contributed by atoms with Crippen LogP contribution in [0.5, 0.6) is 0 Å². The highest BCUT2D eigenvalue weighted by molar-refractivity contribution is 5.40. The van der Waals surface area contributed by atoms with Gasteiger partial charge >= 0.3 is 0 Å². The third kappa shape index (κ3) is 4.18. The Kier molecular flexibility index (Phi) is 5.40. The largest absolute Gasteiger partial charge is 0.368 e. The summed E-state index contributed by atoms with van der Waals surface area (Å²) in [6, 6.07) is 11.0. The van der Waals surface area contributed by atoms with Crippen molar-refractivity contribution >= 4 is 11.8 Å². The Morgan fingerprint density at radius 2 is 2.09 bits per heavy atom. The maximum atomic E-state index is 4.67. The van der Waals surface area contributed by atoms with E-state index in [0.717, 1.165) is 37.7 Å². The molecule has 2 heterocycles. The molecule has 0 radical (unpaired) electrons. The Labute approximate surface area is 138 Å². The van der Waals surface area contributed by atoms with Gasteiger partial charge in [-0.3, -0.25) is 0 Å². The second-order valence-corrected chi connectivity index (χ2v) is 6.06. The Balaban J connectivity index is 1.60. The molecule has 122 valence electrons. The molecule has 2 aromatic rings. The second kappa shape index (κ2) is 7.90. The van der Waals surface area contributed by atoms with Crippen molar-refractivity contribution in [3.8, 4) is 0 Å². The zero-order valence-electron chi connectivity index (χ0n) is 13.8. The minimum absolute atomic E-state index is 0.546. The van der Waals surface area contributed by atoms with Crippen LogP contribution in [0.25, 0.3) is 0 Å². The van der Waals surface area contributed by atoms with Crippen molar-refractivity contribution in [2.45, 2.75) is 45.1 Å². The molecule has 0 bridgehead atoms. The summed E-state index contributed by atoms with van der Waals surface area (Å²) in [6.45, 7) is 4.12. The molecular formula is C18H25N5. The predicted molar refractivity (Wildman–Crippen MR) is 93.7 cm³/mol. The van der Waals surface area contributed by atoms with Crippen LogP contribution in [0.4, 0.5) is 11.8 Å². The molecule has 1 fully saturated rings. The summed E-state index contributed by atoms with van der Waals surface area (Å²) in [6.07, 6.45) is 7.56. The Morgan fingerprint density at radius 1 is 1.22 bits per heavy atom. The van der Waals surface area contributed by atoms with Gasteiger partial charge in [-0.25, -0.2) is 0 Å². The lowest BCUT2D eigenvalue weighted by molar-refractivity contribution is 0.442. The molecule has 23 heavy (non-hydrogen) atoms. The first-order valence-corrected chi connectivity index (χ1v) is 8.61. The van der Waals surface area contributed by atoms with Gasteiger partial charge in [-0.15, -0.1) is 5.10 Å². The number of hydrogen-bond donors (Lipinski definition) is 1. The molecule has 1 aliphatic rings. The van der Waals surface area contributed by atoms with Gasteiger partial charge in [-0.1, -0.05) is 37.3 Å². The van der Waals surface area contributed by atoms with Crippen molar-refractivity contribution in [2.24, 2.45) is 0 Å². The predicted octanol–water partition coefficient (Wildman–Crippen LogP) is 3.30. The zero-order chi connectivity index (χ0) is 15.9. The number of nitrogens with zero attached hydrogens (tertiary/aromatic N) is 4. The number of piperidine rings is 1. The highest BCUT2D eigenvalue weighted by Crippen LogP contribution is 2.23. The van der Waals surface area contributed by atoms with Gasteiger partial charge in [0.1, 0.15) is 0 Å². The normalized spacial score (nSPS) is 18.0. The fraction of sp³-hybridized carbons (Fsp3) is 0.500. The summed E-state index contributed by atoms with van der Waals surface area (Å²) in [5.41, 5.74) is 1.32. The molecule has 1 aliphatic heterocycles. The molecule has 1 saturated heterocycles. The molecular weight excluding hydrogens is 286 g/mol. The van der Waals surface area contributed by atoms with E-state index in [9.17, 15) is 0 Å². The van der Waals surface area contributed by atoms with Crippen molar-refractivity contribution < 1.29 is 0 Å². The highest BCUT2D eigenvalue weighted by atomic mass is 15.3. The molecule has 0 spiro atoms. The van der Waals surface area contributed by atoms with Gasteiger partial charge < -0.3 is 10.2 Å². The lowest BCUT2D eigenvalue weighted by atomic mass is 10.0. The quantitative estimate of drug-likeness (QED) is 0.887. The van der Waals surface area contributed by atoms with Crippen LogP contribution in [-0.4, -0.2) is 34.3 Å². The van der Waals surface area contributed by atoms with Gasteiger partial charge in [0.05, 0.1) is 6.20 Å². The van der Waals surface area contributed by atoms with Crippen LogP contribution in [0, 0.1) is 0 Å². The van der Waals surface area contributed by atoms with Gasteiger partial charge in [0, 0.05) is 19.1 Å². The number of rotatable bonds is 6. The SMILES string of the molecule is CCC1CCCCN1c1nncc(NCCc2ccccc2)n1. The number of hydrogen-bond acceptors (Lipinski definition) is 5. The molecule has 0 aliphatic carbocycles. The smallest absolute Gasteiger partial charge is 0.247 e. The average molecular weight is 311 g/mol. The van der Waals surface area contributed by atoms with Crippen molar-refractivity contribution in [1.82, 2.24) is 15.2 Å². The molecule has 1 N–H and O–H groups in total. The van der Waals surface area contributed by atoms with Crippen LogP contribution >= 0.6 is 0 Å². The molecule has 0 saturated carbocycles. The molecule has 1 unspecified atom stereocenters. The third-order valence-corrected chi connectivity index (χ3v) is 4.47. The summed E-state index contributed by atoms with van der Waals surface area (Å²) >= 11 is 0. The van der Waals surface area contributed by atoms with Gasteiger partial charge in [0.25, 0.3) is 0 Å². The first-order chi connectivity index (χ1) is 11.4. The van der Waals surface area contributed by atoms with Crippen molar-refractivity contribution in [3.05, 3.63) is 42.1 Å². The monoisotopic (exact) mass is 311 g/mol. The number of anilines is 2. The third-order valence-electron chi connectivity index (χ3n) is 4.47. The van der Waals surface area contributed by atoms with E-state index in [-0.39, 0.29) is 0 Å². The van der Waals surface area contributed by atoms with Gasteiger partial charge in [-0.2, -0.15) is 10.1 Å². The standard InChI is InChI=1S/C18H25N5/c1-2-16-10-6-7-13-23(16)18-21-17(14-20-22-18)19-12-11-15-8-4-3-5-9-15/h3-5,8-9,14,16H,2,6-7,10-13H2,1H3,(H,19,21,22). The van der Waals surface area contributed by atoms with Crippen LogP contribution in [0.1, 0.15) is 38.2 Å². The van der Waals surface area contributed by atoms with Crippen molar-refractivity contribution in [3.63, 3.8) is 0 Å². The molecule has 0 amide bonds. The fourth-order valence-corrected chi connectivity index (χ4v) is 3.17. The molecule has 5 heteroatoms. The molecule has 1 aromatic carbocycles. The van der Waals surface area contributed by atoms with Gasteiger partial charge in [0.2, 0.25) is 5.95 Å². The second-order valence-electron chi connectivity index (χ2n) is 6.06. The van der Waals surface area contributed by atoms with E-state index in [2.05, 4.69) is 56.6 Å². The van der Waals surface area contributed by atoms with E-state index in [1.165, 1.54) is 24.8 Å². The number of nitrogens with one attached hydrogen (secondary N) is 1. The average Bonchev–Trinajstić information content (AvgIpc) is 2.63. The molecule has 5 nitrogen and oxygen atoms in total. The first kappa shape index (κ1) is 15.7. The van der Waals surface area contributed by atoms with Crippen LogP contribution in [-0.2, 0) is 6.42 Å². The summed E-state index contributed by atoms with van der Waals surface area (Å²) < 4.78 is 0. The molecule has 1 atom stereocenters. The zero-order valence-corrected chi connectivity index (χ0v) is 13.8. The number of aromatic nitrogens is 3. The summed E-state index contributed by atoms with van der Waals surface area (Å²) in [5, 5.41) is 11.8. The lowest BCUT2D eigenvalue weighted by Crippen LogP contribution is -2.40. The van der Waals surface area contributed by atoms with Crippen LogP contribution in [0.3, 0.4) is 0 Å². The summed E-state index contributed by atoms with van der Waals surface area (Å²) in [4.78, 5) is 6.99. The first-order valence-electron chi connectivity index (χ1n) is 8.61. The Morgan fingerprint density at radius 3 is 2.91 bits per heavy atom. The van der Waals surface area contributed by atoms with Crippen LogP contribution in [0.2, 0.25) is 0 Å². The van der Waals surface area contributed by atoms with E-state index in [4.69, 9.17) is 0 Å². The number of benzene rings is 1. The van der Waals surface area contributed by atoms with Gasteiger partial charge in [0.15, 0.2) is 5.82 Å². The lowest BCUT2D eigenvalue weighted by Gasteiger charge is -2.34. The molecule has 3 rings (SSSR count). The summed E-state index contributed by atoms with van der Waals surface area (Å²) in [5.74, 6) is 1.58.